The third-order valence-corrected chi connectivity index (χ3v) is 3.20. The molecule has 0 saturated heterocycles. The monoisotopic (exact) mass is 317 g/mol. The molecule has 0 aromatic heterocycles. The summed E-state index contributed by atoms with van der Waals surface area (Å²) >= 11 is 5.75. The molecular formula is C15H12ClF4N. The lowest BCUT2D eigenvalue weighted by Gasteiger charge is -2.13. The van der Waals surface area contributed by atoms with Crippen molar-refractivity contribution in [2.24, 2.45) is 0 Å². The first-order chi connectivity index (χ1) is 9.88. The molecule has 0 aliphatic carbocycles. The molecule has 0 fully saturated rings. The highest BCUT2D eigenvalue weighted by Crippen LogP contribution is 2.31. The van der Waals surface area contributed by atoms with Gasteiger partial charge in [0, 0.05) is 23.7 Å². The molecule has 2 aromatic rings. The van der Waals surface area contributed by atoms with Crippen LogP contribution in [0.1, 0.15) is 16.7 Å². The van der Waals surface area contributed by atoms with E-state index in [4.69, 9.17) is 11.6 Å². The summed E-state index contributed by atoms with van der Waals surface area (Å²) < 4.78 is 51.9. The van der Waals surface area contributed by atoms with Gasteiger partial charge in [-0.2, -0.15) is 13.2 Å². The molecule has 0 bridgehead atoms. The lowest BCUT2D eigenvalue weighted by atomic mass is 10.1. The summed E-state index contributed by atoms with van der Waals surface area (Å²) in [6.45, 7) is 0.0836. The summed E-state index contributed by atoms with van der Waals surface area (Å²) in [6.07, 6.45) is -4.40. The SMILES string of the molecule is Fc1ccc(Cl)cc1CNCc1ccccc1C(F)(F)F. The molecule has 0 saturated carbocycles. The Balaban J connectivity index is 2.06. The van der Waals surface area contributed by atoms with Crippen LogP contribution in [0, 0.1) is 5.82 Å². The van der Waals surface area contributed by atoms with Gasteiger partial charge in [0.25, 0.3) is 0 Å². The van der Waals surface area contributed by atoms with Gasteiger partial charge in [-0.1, -0.05) is 29.8 Å². The van der Waals surface area contributed by atoms with E-state index in [2.05, 4.69) is 5.32 Å². The Bertz CT molecular complexity index is 625. The maximum absolute atomic E-state index is 13.5. The summed E-state index contributed by atoms with van der Waals surface area (Å²) in [4.78, 5) is 0. The second-order valence-electron chi connectivity index (χ2n) is 4.49. The van der Waals surface area contributed by atoms with Crippen LogP contribution in [-0.2, 0) is 19.3 Å². The van der Waals surface area contributed by atoms with Crippen molar-refractivity contribution in [2.75, 3.05) is 0 Å². The minimum absolute atomic E-state index is 0.0123. The number of halogens is 5. The largest absolute Gasteiger partial charge is 0.416 e. The first kappa shape index (κ1) is 15.8. The molecular weight excluding hydrogens is 306 g/mol. The van der Waals surface area contributed by atoms with E-state index in [9.17, 15) is 17.6 Å². The van der Waals surface area contributed by atoms with Gasteiger partial charge in [-0.3, -0.25) is 0 Å². The molecule has 1 N–H and O–H groups in total. The van der Waals surface area contributed by atoms with Crippen LogP contribution in [0.25, 0.3) is 0 Å². The Morgan fingerprint density at radius 1 is 0.952 bits per heavy atom. The van der Waals surface area contributed by atoms with Crippen molar-refractivity contribution in [3.63, 3.8) is 0 Å². The smallest absolute Gasteiger partial charge is 0.308 e. The van der Waals surface area contributed by atoms with Crippen LogP contribution in [0.4, 0.5) is 17.6 Å². The van der Waals surface area contributed by atoms with E-state index in [-0.39, 0.29) is 18.7 Å². The Kier molecular flexibility index (Phi) is 4.85. The van der Waals surface area contributed by atoms with Crippen LogP contribution in [0.5, 0.6) is 0 Å². The summed E-state index contributed by atoms with van der Waals surface area (Å²) in [5, 5.41) is 3.18. The maximum Gasteiger partial charge on any atom is 0.416 e. The van der Waals surface area contributed by atoms with Crippen molar-refractivity contribution in [3.05, 3.63) is 70.0 Å². The van der Waals surface area contributed by atoms with Crippen molar-refractivity contribution in [1.29, 1.82) is 0 Å². The van der Waals surface area contributed by atoms with Gasteiger partial charge < -0.3 is 5.32 Å². The van der Waals surface area contributed by atoms with E-state index in [0.717, 1.165) is 6.07 Å². The van der Waals surface area contributed by atoms with Gasteiger partial charge in [0.1, 0.15) is 5.82 Å². The number of alkyl halides is 3. The summed E-state index contributed by atoms with van der Waals surface area (Å²) in [5.74, 6) is -0.448. The minimum Gasteiger partial charge on any atom is -0.308 e. The first-order valence-electron chi connectivity index (χ1n) is 6.17. The Labute approximate surface area is 124 Å². The standard InChI is InChI=1S/C15H12ClF4N/c16-12-5-6-14(17)11(7-12)9-21-8-10-3-1-2-4-13(10)15(18,19)20/h1-7,21H,8-9H2. The highest BCUT2D eigenvalue weighted by Gasteiger charge is 2.32. The highest BCUT2D eigenvalue weighted by molar-refractivity contribution is 6.30. The fourth-order valence-electron chi connectivity index (χ4n) is 1.96. The molecule has 0 unspecified atom stereocenters. The van der Waals surface area contributed by atoms with E-state index in [1.54, 1.807) is 0 Å². The average molecular weight is 318 g/mol. The third-order valence-electron chi connectivity index (χ3n) is 2.96. The summed E-state index contributed by atoms with van der Waals surface area (Å²) in [7, 11) is 0. The molecule has 2 aromatic carbocycles. The molecule has 0 amide bonds. The number of benzene rings is 2. The van der Waals surface area contributed by atoms with Gasteiger partial charge in [-0.15, -0.1) is 0 Å². The number of nitrogens with one attached hydrogen (secondary N) is 1. The maximum atomic E-state index is 13.5. The van der Waals surface area contributed by atoms with Crippen molar-refractivity contribution < 1.29 is 17.6 Å². The Morgan fingerprint density at radius 2 is 1.62 bits per heavy atom. The fraction of sp³-hybridized carbons (Fsp3) is 0.200. The number of hydrogen-bond acceptors (Lipinski definition) is 1. The van der Waals surface area contributed by atoms with Gasteiger partial charge in [0.2, 0.25) is 0 Å². The molecule has 0 spiro atoms. The van der Waals surface area contributed by atoms with Gasteiger partial charge in [0.05, 0.1) is 5.56 Å². The van der Waals surface area contributed by atoms with Crippen molar-refractivity contribution in [1.82, 2.24) is 5.32 Å². The number of rotatable bonds is 4. The molecule has 21 heavy (non-hydrogen) atoms. The van der Waals surface area contributed by atoms with Crippen LogP contribution in [-0.4, -0.2) is 0 Å². The van der Waals surface area contributed by atoms with Crippen molar-refractivity contribution in [2.45, 2.75) is 19.3 Å². The zero-order chi connectivity index (χ0) is 15.5. The van der Waals surface area contributed by atoms with Crippen LogP contribution < -0.4 is 5.32 Å². The molecule has 0 heterocycles. The predicted molar refractivity (Wildman–Crippen MR) is 73.4 cm³/mol. The lowest BCUT2D eigenvalue weighted by molar-refractivity contribution is -0.138. The molecule has 0 aliphatic rings. The van der Waals surface area contributed by atoms with Crippen molar-refractivity contribution >= 4 is 11.6 Å². The minimum atomic E-state index is -4.40. The Morgan fingerprint density at radius 3 is 2.33 bits per heavy atom. The zero-order valence-electron chi connectivity index (χ0n) is 10.8. The molecule has 0 aliphatic heterocycles. The van der Waals surface area contributed by atoms with E-state index in [1.807, 2.05) is 0 Å². The van der Waals surface area contributed by atoms with Gasteiger partial charge in [-0.25, -0.2) is 4.39 Å². The van der Waals surface area contributed by atoms with Crippen LogP contribution in [0.3, 0.4) is 0 Å². The molecule has 0 atom stereocenters. The quantitative estimate of drug-likeness (QED) is 0.800. The van der Waals surface area contributed by atoms with Crippen LogP contribution in [0.2, 0.25) is 5.02 Å². The van der Waals surface area contributed by atoms with Gasteiger partial charge >= 0.3 is 6.18 Å². The van der Waals surface area contributed by atoms with E-state index >= 15 is 0 Å². The molecule has 112 valence electrons. The van der Waals surface area contributed by atoms with Crippen LogP contribution >= 0.6 is 11.6 Å². The topological polar surface area (TPSA) is 12.0 Å². The molecule has 1 nitrogen and oxygen atoms in total. The van der Waals surface area contributed by atoms with Gasteiger partial charge in [0.15, 0.2) is 0 Å². The van der Waals surface area contributed by atoms with E-state index < -0.39 is 17.6 Å². The highest BCUT2D eigenvalue weighted by atomic mass is 35.5. The molecule has 0 radical (unpaired) electrons. The number of hydrogen-bond donors (Lipinski definition) is 1. The lowest BCUT2D eigenvalue weighted by Crippen LogP contribution is -2.17. The second-order valence-corrected chi connectivity index (χ2v) is 4.93. The first-order valence-corrected chi connectivity index (χ1v) is 6.55. The molecule has 2 rings (SSSR count). The van der Waals surface area contributed by atoms with E-state index in [0.29, 0.717) is 10.6 Å². The molecule has 6 heteroatoms. The summed E-state index contributed by atoms with van der Waals surface area (Å²) in [5.41, 5.74) is -0.261. The average Bonchev–Trinajstić information content (AvgIpc) is 2.42. The zero-order valence-corrected chi connectivity index (χ0v) is 11.6. The Hall–Kier alpha value is -1.59. The van der Waals surface area contributed by atoms with Gasteiger partial charge in [-0.05, 0) is 29.8 Å². The summed E-state index contributed by atoms with van der Waals surface area (Å²) in [6, 6.07) is 9.37. The van der Waals surface area contributed by atoms with Crippen LogP contribution in [0.15, 0.2) is 42.5 Å². The van der Waals surface area contributed by atoms with E-state index in [1.165, 1.54) is 36.4 Å². The fourth-order valence-corrected chi connectivity index (χ4v) is 2.16. The third kappa shape index (κ3) is 4.19. The second kappa shape index (κ2) is 6.45. The predicted octanol–water partition coefficient (Wildman–Crippen LogP) is 4.79. The van der Waals surface area contributed by atoms with Crippen molar-refractivity contribution in [3.8, 4) is 0 Å². The normalized spacial score (nSPS) is 11.7.